The summed E-state index contributed by atoms with van der Waals surface area (Å²) < 4.78 is 183. The van der Waals surface area contributed by atoms with Gasteiger partial charge < -0.3 is 91.8 Å². The van der Waals surface area contributed by atoms with Gasteiger partial charge in [0, 0.05) is 63.2 Å². The van der Waals surface area contributed by atoms with E-state index in [2.05, 4.69) is 54.8 Å². The summed E-state index contributed by atoms with van der Waals surface area (Å²) in [7, 11) is -28.2. The van der Waals surface area contributed by atoms with Gasteiger partial charge in [0.1, 0.15) is 128 Å². The predicted octanol–water partition coefficient (Wildman–Crippen LogP) is -3.05. The highest BCUT2D eigenvalue weighted by molar-refractivity contribution is 7.48. The molecule has 0 amide bonds. The molecule has 9 aromatic heterocycles. The number of fused-ring (bicyclic) bond motifs is 3. The highest BCUT2D eigenvalue weighted by Gasteiger charge is 2.53. The number of aromatic nitrogens is 18. The second-order valence-corrected chi connectivity index (χ2v) is 34.3. The minimum Gasteiger partial charge on any atom is -0.394 e. The van der Waals surface area contributed by atoms with Crippen molar-refractivity contribution in [2.75, 3.05) is 61.7 Å². The van der Waals surface area contributed by atoms with Crippen LogP contribution < -0.4 is 62.4 Å². The molecule has 6 unspecified atom stereocenters. The Labute approximate surface area is 664 Å². The predicted molar refractivity (Wildman–Crippen MR) is 390 cm³/mol. The summed E-state index contributed by atoms with van der Waals surface area (Å²) in [6.07, 6.45) is -28.0. The third-order valence-corrected chi connectivity index (χ3v) is 24.4. The van der Waals surface area contributed by atoms with Crippen LogP contribution in [0.2, 0.25) is 0 Å². The van der Waals surface area contributed by atoms with Crippen molar-refractivity contribution in [3.8, 4) is 0 Å². The van der Waals surface area contributed by atoms with Crippen molar-refractivity contribution >= 4 is 102 Å². The summed E-state index contributed by atoms with van der Waals surface area (Å²) >= 11 is 0. The number of aromatic amines is 3. The number of nitrogens with zero attached hydrogens (tertiary/aromatic N) is 15. The molecule has 0 aliphatic carbocycles. The van der Waals surface area contributed by atoms with Crippen molar-refractivity contribution in [3.63, 3.8) is 0 Å². The van der Waals surface area contributed by atoms with Crippen LogP contribution in [-0.4, -0.2) is 235 Å². The zero-order chi connectivity index (χ0) is 85.4. The van der Waals surface area contributed by atoms with Gasteiger partial charge in [-0.05, 0) is 12.1 Å². The quantitative estimate of drug-likeness (QED) is 0.0186. The number of aliphatic hydroxyl groups is 2. The number of rotatable bonds is 32. The molecule has 0 saturated carbocycles. The molecule has 120 heavy (non-hydrogen) atoms. The average Bonchev–Trinajstić information content (AvgIpc) is 1.64. The number of nitrogens with one attached hydrogen (secondary N) is 3. The van der Waals surface area contributed by atoms with Crippen molar-refractivity contribution in [1.82, 2.24) is 87.2 Å². The highest BCUT2D eigenvalue weighted by Crippen LogP contribution is 2.57. The first-order valence-electron chi connectivity index (χ1n) is 35.4. The molecule has 650 valence electrons. The van der Waals surface area contributed by atoms with Crippen LogP contribution in [0, 0.1) is 0 Å². The summed E-state index contributed by atoms with van der Waals surface area (Å²) in [4.78, 5) is 175. The number of phosphoric acid groups is 5. The largest absolute Gasteiger partial charge is 0.475 e. The fourth-order valence-corrected chi connectivity index (χ4v) is 18.8. The van der Waals surface area contributed by atoms with Crippen LogP contribution in [0.1, 0.15) is 75.9 Å². The molecule has 0 aromatic carbocycles. The van der Waals surface area contributed by atoms with Gasteiger partial charge in [0.15, 0.2) is 33.8 Å². The third kappa shape index (κ3) is 18.9. The molecule has 0 spiro atoms. The van der Waals surface area contributed by atoms with Gasteiger partial charge in [-0.1, -0.05) is 0 Å². The Hall–Kier alpha value is -9.15. The van der Waals surface area contributed by atoms with Gasteiger partial charge >= 0.3 is 56.2 Å². The van der Waals surface area contributed by atoms with Crippen LogP contribution in [0.3, 0.4) is 0 Å². The molecule has 24 atom stereocenters. The van der Waals surface area contributed by atoms with Crippen LogP contribution in [0.15, 0.2) is 90.9 Å². The van der Waals surface area contributed by atoms with Crippen LogP contribution >= 0.6 is 39.1 Å². The van der Waals surface area contributed by atoms with Gasteiger partial charge in [-0.2, -0.15) is 19.9 Å². The number of H-pyrrole nitrogens is 3. The van der Waals surface area contributed by atoms with E-state index in [0.717, 1.165) is 51.1 Å². The summed E-state index contributed by atoms with van der Waals surface area (Å²) in [5.74, 6) is -1.14. The number of alkyl halides is 1. The van der Waals surface area contributed by atoms with Crippen LogP contribution in [0.25, 0.3) is 33.5 Å². The second kappa shape index (κ2) is 33.9. The summed E-state index contributed by atoms with van der Waals surface area (Å²) in [5.41, 5.74) is 22.8. The average molecular weight is 1800 g/mol. The molecule has 15 heterocycles. The number of imidazole rings is 3. The lowest BCUT2D eigenvalue weighted by atomic mass is 10.2. The number of ether oxygens (including phenoxy) is 6. The molecule has 63 heteroatoms. The number of nitrogens with two attached hydrogens (primary N) is 5. The maximum Gasteiger partial charge on any atom is 0.475 e. The fraction of sp³-hybridized carbons (Fsp3) is 0.526. The molecule has 6 saturated heterocycles. The molecule has 6 fully saturated rings. The molecular formula is C57H71FN23O34P5. The SMILES string of the molecule is Nc1ccn([C@H]2C[C@H](OP(=O)(O)OC[C@H]3O[C@@H](n4cnc5c(N)ncnc54)C[C@@H]3OP(=O)(O)OC(F)[C@H]3O[C@@H](n4ccc(=O)[nH]c4=O)C[C@@H]3OP(=O)(O)OC[C@H]3O[C@@H](n4cnc5c(=O)[nH]c(N)nc54)C[C@@H]3OP(=O)(O)OC[C@H]3O[C@@H](n4ccc(N)nc4=O)C[C@@H]3O)[C@@H](COP(=O)(O)O[C@H]3C[C@H](n4cnc5c(=O)[nH]c(N)nc54)O[C@@H]3CO)O2)c(=O)n1. The van der Waals surface area contributed by atoms with Gasteiger partial charge in [0.05, 0.1) is 58.1 Å². The van der Waals surface area contributed by atoms with E-state index in [-0.39, 0.29) is 75.7 Å². The number of nitrogen functional groups attached to an aromatic ring is 5. The number of aliphatic hydroxyl groups excluding tert-OH is 2. The molecule has 15 rings (SSSR count). The third-order valence-electron chi connectivity index (χ3n) is 19.4. The second-order valence-electron chi connectivity index (χ2n) is 27.3. The number of halogens is 1. The lowest BCUT2D eigenvalue weighted by Crippen LogP contribution is -2.36. The lowest BCUT2D eigenvalue weighted by molar-refractivity contribution is -0.130. The fourth-order valence-electron chi connectivity index (χ4n) is 13.9. The van der Waals surface area contributed by atoms with Crippen molar-refractivity contribution in [1.29, 1.82) is 0 Å². The van der Waals surface area contributed by atoms with Crippen molar-refractivity contribution in [2.24, 2.45) is 0 Å². The van der Waals surface area contributed by atoms with Crippen LogP contribution in [0.5, 0.6) is 0 Å². The minimum absolute atomic E-state index is 0.00764. The van der Waals surface area contributed by atoms with Gasteiger partial charge in [-0.25, -0.2) is 71.0 Å². The van der Waals surface area contributed by atoms with Gasteiger partial charge in [-0.15, -0.1) is 0 Å². The standard InChI is InChI=1S/C57H71FN23O34P5/c58-46(45-27(12-38(109-45)78-6-3-35(84)71-57(78)89)114-119(96,97)103-16-31-25(10-41(108-31)81-21-68-44-50(81)73-54(63)75-52(44)86)112-116(90,91)100-14-29-22(83)7-36(105-29)76-4-1-33(59)69-55(76)87)115-120(98,99)113-26-11-39(79-19-66-42-47(61)64-18-65-48(42)79)107-32(26)17-102-118(94,95)111-24-9-37(77-5-2-34(60)70-56(77)88)106-30(24)15-101-117(92,93)110-23-8-40(104-28(23)13-82)80-20-67-43-49(80)72-53(62)74-51(43)85/h1-6,18-32,36-41,45-46,82-83H,7-17H2,(H,90,91)(H,92,93)(H,94,95)(H,96,97)(H,98,99)(H2,59,69,87)(H2,60,70,88)(H2,61,64,65)(H,71,84,89)(H3,62,72,74,85)(H3,63,73,75,86)/t22-,23-,24-,25-,26-,27-,28+,29+,30+,31+,32+,36+,37+,38+,39+,40+,41+,45-,46?/m0/s1. The zero-order valence-electron chi connectivity index (χ0n) is 60.9. The van der Waals surface area contributed by atoms with E-state index in [1.807, 2.05) is 4.98 Å². The number of hydrogen-bond acceptors (Lipinski definition) is 43. The smallest absolute Gasteiger partial charge is 0.394 e. The lowest BCUT2D eigenvalue weighted by Gasteiger charge is -2.27. The van der Waals surface area contributed by atoms with Crippen LogP contribution in [-0.2, 0) is 96.5 Å². The van der Waals surface area contributed by atoms with E-state index in [1.165, 1.54) is 33.8 Å². The molecule has 0 radical (unpaired) electrons. The van der Waals surface area contributed by atoms with Crippen molar-refractivity contribution in [2.45, 2.75) is 155 Å². The zero-order valence-corrected chi connectivity index (χ0v) is 65.4. The Morgan fingerprint density at radius 3 is 1.30 bits per heavy atom. The van der Waals surface area contributed by atoms with E-state index in [1.54, 1.807) is 0 Å². The summed E-state index contributed by atoms with van der Waals surface area (Å²) in [6.45, 7) is -5.03. The maximum absolute atomic E-state index is 17.3. The van der Waals surface area contributed by atoms with Crippen molar-refractivity contribution < 1.29 is 136 Å². The number of phosphoric ester groups is 5. The van der Waals surface area contributed by atoms with E-state index in [4.69, 9.17) is 102 Å². The van der Waals surface area contributed by atoms with E-state index >= 15 is 4.39 Å². The van der Waals surface area contributed by atoms with E-state index < -0.39 is 249 Å². The molecule has 20 N–H and O–H groups in total. The Bertz CT molecular complexity index is 6000. The number of anilines is 5. The van der Waals surface area contributed by atoms with Crippen molar-refractivity contribution in [3.05, 3.63) is 125 Å². The first kappa shape index (κ1) is 85.8. The minimum atomic E-state index is -6.05. The highest BCUT2D eigenvalue weighted by atomic mass is 31.2. The molecule has 57 nitrogen and oxygen atoms in total. The normalized spacial score (nSPS) is 29.9. The van der Waals surface area contributed by atoms with Gasteiger partial charge in [0.2, 0.25) is 18.3 Å². The first-order chi connectivity index (χ1) is 56.8. The van der Waals surface area contributed by atoms with Gasteiger partial charge in [0.25, 0.3) is 16.7 Å². The monoisotopic (exact) mass is 1800 g/mol. The molecule has 6 aliphatic heterocycles. The van der Waals surface area contributed by atoms with Crippen LogP contribution in [0.4, 0.5) is 33.7 Å². The Balaban J connectivity index is 0.635. The molecule has 9 aromatic rings. The Morgan fingerprint density at radius 1 is 0.450 bits per heavy atom. The van der Waals surface area contributed by atoms with Gasteiger partial charge in [-0.3, -0.25) is 97.5 Å². The molecule has 0 bridgehead atoms. The molecule has 6 aliphatic rings. The number of hydrogen-bond donors (Lipinski definition) is 15. The Morgan fingerprint density at radius 2 is 0.833 bits per heavy atom. The first-order valence-corrected chi connectivity index (χ1v) is 42.9. The van der Waals surface area contributed by atoms with E-state index in [0.29, 0.717) is 4.57 Å². The summed E-state index contributed by atoms with van der Waals surface area (Å²) in [5, 5.41) is 21.1. The van der Waals surface area contributed by atoms with E-state index in [9.17, 15) is 86.3 Å². The maximum atomic E-state index is 17.3. The topological polar surface area (TPSA) is 800 Å². The molecular weight excluding hydrogens is 1720 g/mol. The summed E-state index contributed by atoms with van der Waals surface area (Å²) in [6, 6.07) is 3.29. The Kier molecular flexibility index (Phi) is 24.3.